The van der Waals surface area contributed by atoms with Gasteiger partial charge in [0.25, 0.3) is 11.8 Å². The molecule has 0 bridgehead atoms. The molecular formula is C18H18N2O3S. The molecule has 0 radical (unpaired) electrons. The number of amides is 2. The number of nitrogens with zero attached hydrogens (tertiary/aromatic N) is 1. The van der Waals surface area contributed by atoms with Gasteiger partial charge in [0.1, 0.15) is 5.75 Å². The van der Waals surface area contributed by atoms with Crippen molar-refractivity contribution in [1.82, 2.24) is 4.90 Å². The van der Waals surface area contributed by atoms with Gasteiger partial charge in [-0.25, -0.2) is 0 Å². The van der Waals surface area contributed by atoms with Crippen LogP contribution in [0.3, 0.4) is 0 Å². The molecule has 1 N–H and O–H groups in total. The Bertz CT molecular complexity index is 774. The second kappa shape index (κ2) is 6.97. The maximum absolute atomic E-state index is 12.6. The molecule has 0 aromatic heterocycles. The molecule has 5 nitrogen and oxygen atoms in total. The molecule has 0 saturated heterocycles. The van der Waals surface area contributed by atoms with Gasteiger partial charge in [-0.3, -0.25) is 9.59 Å². The van der Waals surface area contributed by atoms with Crippen molar-refractivity contribution in [1.29, 1.82) is 0 Å². The SMILES string of the molecule is CSc1ccc(CN(C)C(=O)c2ccc3c(c2)OCC(=O)N3)cc1. The molecule has 6 heteroatoms. The molecule has 0 aliphatic carbocycles. The number of nitrogens with one attached hydrogen (secondary N) is 1. The molecule has 3 rings (SSSR count). The van der Waals surface area contributed by atoms with Crippen LogP contribution in [0.1, 0.15) is 15.9 Å². The predicted octanol–water partition coefficient (Wildman–Crippen LogP) is 3.01. The van der Waals surface area contributed by atoms with Gasteiger partial charge in [0.05, 0.1) is 5.69 Å². The minimum absolute atomic E-state index is 0.0255. The lowest BCUT2D eigenvalue weighted by atomic mass is 10.1. The van der Waals surface area contributed by atoms with Crippen molar-refractivity contribution in [2.45, 2.75) is 11.4 Å². The highest BCUT2D eigenvalue weighted by Gasteiger charge is 2.19. The van der Waals surface area contributed by atoms with Crippen molar-refractivity contribution in [3.8, 4) is 5.75 Å². The maximum atomic E-state index is 12.6. The van der Waals surface area contributed by atoms with Crippen LogP contribution in [0.15, 0.2) is 47.4 Å². The van der Waals surface area contributed by atoms with Crippen LogP contribution in [0.5, 0.6) is 5.75 Å². The average molecular weight is 342 g/mol. The van der Waals surface area contributed by atoms with Crippen molar-refractivity contribution in [2.24, 2.45) is 0 Å². The van der Waals surface area contributed by atoms with Gasteiger partial charge in [-0.1, -0.05) is 12.1 Å². The third kappa shape index (κ3) is 3.54. The first-order valence-electron chi connectivity index (χ1n) is 7.52. The van der Waals surface area contributed by atoms with E-state index in [0.29, 0.717) is 23.5 Å². The van der Waals surface area contributed by atoms with E-state index in [1.54, 1.807) is 41.9 Å². The first kappa shape index (κ1) is 16.4. The Kier molecular flexibility index (Phi) is 4.76. The van der Waals surface area contributed by atoms with Gasteiger partial charge in [0, 0.05) is 24.1 Å². The Morgan fingerprint density at radius 3 is 2.71 bits per heavy atom. The molecule has 24 heavy (non-hydrogen) atoms. The van der Waals surface area contributed by atoms with Gasteiger partial charge >= 0.3 is 0 Å². The minimum atomic E-state index is -0.188. The Morgan fingerprint density at radius 1 is 1.25 bits per heavy atom. The van der Waals surface area contributed by atoms with Crippen LogP contribution in [0, 0.1) is 0 Å². The number of carbonyl (C=O) groups is 2. The highest BCUT2D eigenvalue weighted by Crippen LogP contribution is 2.29. The van der Waals surface area contributed by atoms with Crippen molar-refractivity contribution < 1.29 is 14.3 Å². The smallest absolute Gasteiger partial charge is 0.262 e. The van der Waals surface area contributed by atoms with E-state index in [2.05, 4.69) is 5.32 Å². The number of fused-ring (bicyclic) bond motifs is 1. The van der Waals surface area contributed by atoms with E-state index < -0.39 is 0 Å². The van der Waals surface area contributed by atoms with Crippen molar-refractivity contribution in [2.75, 3.05) is 25.2 Å². The van der Waals surface area contributed by atoms with Gasteiger partial charge in [0.2, 0.25) is 0 Å². The molecular weight excluding hydrogens is 324 g/mol. The monoisotopic (exact) mass is 342 g/mol. The maximum Gasteiger partial charge on any atom is 0.262 e. The lowest BCUT2D eigenvalue weighted by molar-refractivity contribution is -0.118. The van der Waals surface area contributed by atoms with Crippen LogP contribution in [0.2, 0.25) is 0 Å². The number of thioether (sulfide) groups is 1. The van der Waals surface area contributed by atoms with Gasteiger partial charge < -0.3 is 15.0 Å². The lowest BCUT2D eigenvalue weighted by Gasteiger charge is -2.21. The summed E-state index contributed by atoms with van der Waals surface area (Å²) in [7, 11) is 1.77. The summed E-state index contributed by atoms with van der Waals surface area (Å²) >= 11 is 1.69. The fourth-order valence-corrected chi connectivity index (χ4v) is 2.91. The quantitative estimate of drug-likeness (QED) is 0.868. The molecule has 2 aromatic carbocycles. The molecule has 2 amide bonds. The first-order chi connectivity index (χ1) is 11.6. The number of hydrogen-bond donors (Lipinski definition) is 1. The Morgan fingerprint density at radius 2 is 2.00 bits per heavy atom. The van der Waals surface area contributed by atoms with Crippen LogP contribution >= 0.6 is 11.8 Å². The van der Waals surface area contributed by atoms with E-state index in [-0.39, 0.29) is 18.4 Å². The molecule has 0 saturated carbocycles. The predicted molar refractivity (Wildman–Crippen MR) is 94.6 cm³/mol. The zero-order valence-electron chi connectivity index (χ0n) is 13.5. The fraction of sp³-hybridized carbons (Fsp3) is 0.222. The molecule has 0 unspecified atom stereocenters. The van der Waals surface area contributed by atoms with Gasteiger partial charge in [-0.15, -0.1) is 11.8 Å². The van der Waals surface area contributed by atoms with Crippen LogP contribution in [-0.4, -0.2) is 36.6 Å². The summed E-state index contributed by atoms with van der Waals surface area (Å²) in [6, 6.07) is 13.2. The van der Waals surface area contributed by atoms with E-state index in [0.717, 1.165) is 5.56 Å². The largest absolute Gasteiger partial charge is 0.482 e. The van der Waals surface area contributed by atoms with Crippen molar-refractivity contribution in [3.05, 3.63) is 53.6 Å². The number of rotatable bonds is 4. The normalized spacial score (nSPS) is 12.8. The minimum Gasteiger partial charge on any atom is -0.482 e. The molecule has 0 fully saturated rings. The topological polar surface area (TPSA) is 58.6 Å². The summed E-state index contributed by atoms with van der Waals surface area (Å²) in [5.41, 5.74) is 2.20. The van der Waals surface area contributed by atoms with E-state index in [9.17, 15) is 9.59 Å². The first-order valence-corrected chi connectivity index (χ1v) is 8.74. The second-order valence-electron chi connectivity index (χ2n) is 5.56. The number of carbonyl (C=O) groups excluding carboxylic acids is 2. The van der Waals surface area contributed by atoms with Gasteiger partial charge in [-0.05, 0) is 42.2 Å². The van der Waals surface area contributed by atoms with Crippen molar-refractivity contribution >= 4 is 29.3 Å². The average Bonchev–Trinajstić information content (AvgIpc) is 2.61. The molecule has 1 aliphatic heterocycles. The van der Waals surface area contributed by atoms with Crippen LogP contribution in [-0.2, 0) is 11.3 Å². The van der Waals surface area contributed by atoms with E-state index in [4.69, 9.17) is 4.74 Å². The zero-order chi connectivity index (χ0) is 17.1. The molecule has 1 heterocycles. The summed E-state index contributed by atoms with van der Waals surface area (Å²) in [6.07, 6.45) is 2.03. The van der Waals surface area contributed by atoms with Crippen molar-refractivity contribution in [3.63, 3.8) is 0 Å². The summed E-state index contributed by atoms with van der Waals surface area (Å²) in [5.74, 6) is 0.248. The number of benzene rings is 2. The van der Waals surface area contributed by atoms with E-state index in [1.807, 2.05) is 30.5 Å². The van der Waals surface area contributed by atoms with E-state index in [1.165, 1.54) is 4.90 Å². The highest BCUT2D eigenvalue weighted by atomic mass is 32.2. The fourth-order valence-electron chi connectivity index (χ4n) is 2.50. The Hall–Kier alpha value is -2.47. The van der Waals surface area contributed by atoms with Gasteiger partial charge in [0.15, 0.2) is 6.61 Å². The standard InChI is InChI=1S/C18H18N2O3S/c1-20(10-12-3-6-14(24-2)7-4-12)18(22)13-5-8-15-16(9-13)23-11-17(21)19-15/h3-9H,10-11H2,1-2H3,(H,19,21). The van der Waals surface area contributed by atoms with E-state index >= 15 is 0 Å². The Balaban J connectivity index is 1.72. The van der Waals surface area contributed by atoms with Crippen LogP contribution < -0.4 is 10.1 Å². The summed E-state index contributed by atoms with van der Waals surface area (Å²) in [5, 5.41) is 2.72. The zero-order valence-corrected chi connectivity index (χ0v) is 14.4. The molecule has 1 aliphatic rings. The van der Waals surface area contributed by atoms with Crippen LogP contribution in [0.25, 0.3) is 0 Å². The number of anilines is 1. The number of ether oxygens (including phenoxy) is 1. The molecule has 124 valence electrons. The highest BCUT2D eigenvalue weighted by molar-refractivity contribution is 7.98. The summed E-state index contributed by atoms with van der Waals surface area (Å²) in [6.45, 7) is 0.504. The Labute approximate surface area is 145 Å². The van der Waals surface area contributed by atoms with Gasteiger partial charge in [-0.2, -0.15) is 0 Å². The lowest BCUT2D eigenvalue weighted by Crippen LogP contribution is -2.28. The summed E-state index contributed by atoms with van der Waals surface area (Å²) < 4.78 is 5.36. The van der Waals surface area contributed by atoms with Crippen LogP contribution in [0.4, 0.5) is 5.69 Å². The molecule has 2 aromatic rings. The second-order valence-corrected chi connectivity index (χ2v) is 6.44. The third-order valence-corrected chi connectivity index (χ3v) is 4.53. The number of hydrogen-bond acceptors (Lipinski definition) is 4. The molecule has 0 spiro atoms. The third-order valence-electron chi connectivity index (χ3n) is 3.79. The summed E-state index contributed by atoms with van der Waals surface area (Å²) in [4.78, 5) is 26.7. The molecule has 0 atom stereocenters.